The Bertz CT molecular complexity index is 167. The second-order valence-electron chi connectivity index (χ2n) is 1.73. The van der Waals surface area contributed by atoms with Crippen molar-refractivity contribution in [2.24, 2.45) is 10.9 Å². The van der Waals surface area contributed by atoms with Crippen LogP contribution in [-0.2, 0) is 0 Å². The number of rotatable bonds is 2. The van der Waals surface area contributed by atoms with Crippen molar-refractivity contribution in [1.29, 1.82) is 0 Å². The molecule has 0 radical (unpaired) electrons. The molecule has 0 spiro atoms. The summed E-state index contributed by atoms with van der Waals surface area (Å²) in [5, 5.41) is 7.02. The number of hydrazine groups is 3. The van der Waals surface area contributed by atoms with Crippen molar-refractivity contribution >= 4 is 17.8 Å². The Hall–Kier alpha value is -0.720. The summed E-state index contributed by atoms with van der Waals surface area (Å²) in [6.07, 6.45) is 1.70. The van der Waals surface area contributed by atoms with Gasteiger partial charge in [-0.2, -0.15) is 5.12 Å². The highest BCUT2D eigenvalue weighted by atomic mass is 32.1. The van der Waals surface area contributed by atoms with Gasteiger partial charge >= 0.3 is 0 Å². The quantitative estimate of drug-likeness (QED) is 0.283. The summed E-state index contributed by atoms with van der Waals surface area (Å²) in [5.41, 5.74) is 2.63. The molecule has 0 aliphatic carbocycles. The van der Waals surface area contributed by atoms with E-state index in [4.69, 9.17) is 5.84 Å². The zero-order chi connectivity index (χ0) is 7.56. The summed E-state index contributed by atoms with van der Waals surface area (Å²) in [6, 6.07) is 0. The first-order valence-corrected chi connectivity index (χ1v) is 3.16. The summed E-state index contributed by atoms with van der Waals surface area (Å²) in [6.45, 7) is 4.13. The number of hydrogen-bond acceptors (Lipinski definition) is 5. The van der Waals surface area contributed by atoms with Crippen molar-refractivity contribution in [1.82, 2.24) is 15.8 Å². The molecule has 1 rings (SSSR count). The summed E-state index contributed by atoms with van der Waals surface area (Å²) in [5.74, 6) is 5.45. The van der Waals surface area contributed by atoms with Crippen LogP contribution in [0.2, 0.25) is 0 Å². The normalized spacial score (nSPS) is 18.6. The molecule has 1 aliphatic heterocycles. The van der Waals surface area contributed by atoms with Gasteiger partial charge in [0.25, 0.3) is 0 Å². The van der Waals surface area contributed by atoms with E-state index in [9.17, 15) is 0 Å². The highest BCUT2D eigenvalue weighted by Crippen LogP contribution is 2.00. The highest BCUT2D eigenvalue weighted by molar-refractivity contribution is 7.96. The van der Waals surface area contributed by atoms with E-state index in [-0.39, 0.29) is 0 Å². The van der Waals surface area contributed by atoms with Crippen molar-refractivity contribution in [3.8, 4) is 0 Å². The van der Waals surface area contributed by atoms with Crippen LogP contribution in [0.4, 0.5) is 0 Å². The Morgan fingerprint density at radius 2 is 2.60 bits per heavy atom. The first-order valence-electron chi connectivity index (χ1n) is 2.71. The highest BCUT2D eigenvalue weighted by Gasteiger charge is 2.17. The number of amidine groups is 1. The van der Waals surface area contributed by atoms with E-state index in [1.54, 1.807) is 11.2 Å². The number of hydrazone groups is 1. The van der Waals surface area contributed by atoms with Crippen LogP contribution in [0.5, 0.6) is 0 Å². The molecule has 0 saturated heterocycles. The standard InChI is InChI=1S/C4H9N5S/c1-2-3-8-7-6-4(10)9(8)5/h2,7H,1,3,5H2,(H,6,10). The average Bonchev–Trinajstić information content (AvgIpc) is 2.20. The molecule has 56 valence electrons. The van der Waals surface area contributed by atoms with E-state index in [1.807, 2.05) is 0 Å². The van der Waals surface area contributed by atoms with Gasteiger partial charge in [0.15, 0.2) is 0 Å². The van der Waals surface area contributed by atoms with Crippen LogP contribution in [0.15, 0.2) is 17.8 Å². The van der Waals surface area contributed by atoms with Crippen LogP contribution >= 0.6 is 12.6 Å². The smallest absolute Gasteiger partial charge is 0.212 e. The minimum atomic E-state index is 0.432. The summed E-state index contributed by atoms with van der Waals surface area (Å²) >= 11 is 3.95. The first kappa shape index (κ1) is 7.39. The zero-order valence-electron chi connectivity index (χ0n) is 5.36. The van der Waals surface area contributed by atoms with Crippen LogP contribution in [-0.4, -0.2) is 21.9 Å². The van der Waals surface area contributed by atoms with Crippen LogP contribution in [0, 0.1) is 0 Å². The second kappa shape index (κ2) is 2.91. The summed E-state index contributed by atoms with van der Waals surface area (Å²) < 4.78 is 0. The Morgan fingerprint density at radius 3 is 3.00 bits per heavy atom. The molecular formula is C4H9N5S. The molecule has 1 heterocycles. The number of thiol groups is 1. The van der Waals surface area contributed by atoms with Gasteiger partial charge < -0.3 is 0 Å². The Morgan fingerprint density at radius 1 is 1.90 bits per heavy atom. The molecule has 5 nitrogen and oxygen atoms in total. The van der Waals surface area contributed by atoms with E-state index < -0.39 is 0 Å². The Kier molecular flexibility index (Phi) is 2.15. The lowest BCUT2D eigenvalue weighted by atomic mass is 10.6. The van der Waals surface area contributed by atoms with Gasteiger partial charge in [0, 0.05) is 0 Å². The van der Waals surface area contributed by atoms with Crippen molar-refractivity contribution in [2.75, 3.05) is 6.54 Å². The van der Waals surface area contributed by atoms with Crippen molar-refractivity contribution < 1.29 is 0 Å². The van der Waals surface area contributed by atoms with Crippen LogP contribution in [0.3, 0.4) is 0 Å². The van der Waals surface area contributed by atoms with Gasteiger partial charge in [-0.05, 0) is 0 Å². The fraction of sp³-hybridized carbons (Fsp3) is 0.250. The maximum absolute atomic E-state index is 5.45. The molecular weight excluding hydrogens is 150 g/mol. The minimum Gasteiger partial charge on any atom is -0.229 e. The van der Waals surface area contributed by atoms with Crippen molar-refractivity contribution in [3.05, 3.63) is 12.7 Å². The van der Waals surface area contributed by atoms with Gasteiger partial charge in [0.1, 0.15) is 0 Å². The number of nitrogens with zero attached hydrogens (tertiary/aromatic N) is 3. The van der Waals surface area contributed by atoms with Crippen LogP contribution in [0.1, 0.15) is 0 Å². The molecule has 0 bridgehead atoms. The SMILES string of the molecule is C=CCN1NN=C(S)N1N. The Labute approximate surface area is 64.5 Å². The maximum Gasteiger partial charge on any atom is 0.212 e. The lowest BCUT2D eigenvalue weighted by Gasteiger charge is -2.20. The molecule has 3 N–H and O–H groups in total. The lowest BCUT2D eigenvalue weighted by molar-refractivity contribution is 0.0308. The molecule has 0 fully saturated rings. The first-order chi connectivity index (χ1) is 4.75. The molecule has 10 heavy (non-hydrogen) atoms. The molecule has 0 aromatic heterocycles. The zero-order valence-corrected chi connectivity index (χ0v) is 6.25. The summed E-state index contributed by atoms with van der Waals surface area (Å²) in [4.78, 5) is 0. The molecule has 0 amide bonds. The van der Waals surface area contributed by atoms with Crippen molar-refractivity contribution in [3.63, 3.8) is 0 Å². The van der Waals surface area contributed by atoms with E-state index >= 15 is 0 Å². The predicted octanol–water partition coefficient (Wildman–Crippen LogP) is -0.716. The van der Waals surface area contributed by atoms with Crippen LogP contribution in [0.25, 0.3) is 0 Å². The van der Waals surface area contributed by atoms with Gasteiger partial charge in [-0.3, -0.25) is 0 Å². The fourth-order valence-electron chi connectivity index (χ4n) is 0.561. The maximum atomic E-state index is 5.45. The third kappa shape index (κ3) is 1.23. The van der Waals surface area contributed by atoms with E-state index in [2.05, 4.69) is 29.8 Å². The Balaban J connectivity index is 2.47. The third-order valence-electron chi connectivity index (χ3n) is 1.03. The monoisotopic (exact) mass is 159 g/mol. The van der Waals surface area contributed by atoms with E-state index in [0.29, 0.717) is 11.7 Å². The molecule has 6 heteroatoms. The van der Waals surface area contributed by atoms with Crippen molar-refractivity contribution in [2.45, 2.75) is 0 Å². The van der Waals surface area contributed by atoms with E-state index in [0.717, 1.165) is 0 Å². The molecule has 0 unspecified atom stereocenters. The average molecular weight is 159 g/mol. The predicted molar refractivity (Wildman–Crippen MR) is 42.5 cm³/mol. The van der Waals surface area contributed by atoms with Crippen LogP contribution < -0.4 is 11.4 Å². The number of nitrogens with one attached hydrogen (secondary N) is 1. The molecule has 0 atom stereocenters. The van der Waals surface area contributed by atoms with E-state index in [1.165, 1.54) is 5.12 Å². The fourth-order valence-corrected chi connectivity index (χ4v) is 0.714. The van der Waals surface area contributed by atoms with Gasteiger partial charge in [0.05, 0.1) is 6.54 Å². The lowest BCUT2D eigenvalue weighted by Crippen LogP contribution is -2.48. The minimum absolute atomic E-state index is 0.432. The molecule has 0 saturated carbocycles. The third-order valence-corrected chi connectivity index (χ3v) is 1.34. The van der Waals surface area contributed by atoms with Gasteiger partial charge in [-0.1, -0.05) is 11.2 Å². The molecule has 0 aromatic carbocycles. The number of nitrogens with two attached hydrogens (primary N) is 1. The topological polar surface area (TPSA) is 56.9 Å². The molecule has 1 aliphatic rings. The van der Waals surface area contributed by atoms with Gasteiger partial charge in [-0.15, -0.1) is 24.3 Å². The largest absolute Gasteiger partial charge is 0.229 e. The van der Waals surface area contributed by atoms with Gasteiger partial charge in [-0.25, -0.2) is 11.4 Å². The second-order valence-corrected chi connectivity index (χ2v) is 2.13. The van der Waals surface area contributed by atoms with Gasteiger partial charge in [0.2, 0.25) is 5.17 Å². The number of hydrogen-bond donors (Lipinski definition) is 3. The molecule has 0 aromatic rings. The summed E-state index contributed by atoms with van der Waals surface area (Å²) in [7, 11) is 0.